The zero-order valence-corrected chi connectivity index (χ0v) is 9.93. The minimum absolute atomic E-state index is 0.0711. The van der Waals surface area contributed by atoms with Gasteiger partial charge in [-0.1, -0.05) is 0 Å². The highest BCUT2D eigenvalue weighted by Gasteiger charge is 2.14. The lowest BCUT2D eigenvalue weighted by Crippen LogP contribution is -1.93. The van der Waals surface area contributed by atoms with Gasteiger partial charge in [0.05, 0.1) is 16.5 Å². The van der Waals surface area contributed by atoms with E-state index in [2.05, 4.69) is 15.9 Å². The second-order valence-electron chi connectivity index (χ2n) is 2.80. The predicted molar refractivity (Wildman–Crippen MR) is 62.4 cm³/mol. The lowest BCUT2D eigenvalue weighted by Gasteiger charge is -2.06. The van der Waals surface area contributed by atoms with Crippen molar-refractivity contribution in [3.8, 4) is 5.75 Å². The molecular formula is C10H8BrNO4. The number of rotatable bonds is 4. The molecule has 0 aliphatic carbocycles. The number of hydrogen-bond acceptors (Lipinski definition) is 4. The van der Waals surface area contributed by atoms with Crippen LogP contribution in [0.15, 0.2) is 22.7 Å². The van der Waals surface area contributed by atoms with Gasteiger partial charge in [0.1, 0.15) is 12.0 Å². The normalized spacial score (nSPS) is 10.4. The molecule has 0 fully saturated rings. The van der Waals surface area contributed by atoms with Gasteiger partial charge in [0, 0.05) is 17.7 Å². The molecule has 0 saturated carbocycles. The third-order valence-corrected chi connectivity index (χ3v) is 2.42. The number of aldehydes is 1. The van der Waals surface area contributed by atoms with E-state index in [9.17, 15) is 14.9 Å². The maximum Gasteiger partial charge on any atom is 0.271 e. The largest absolute Gasteiger partial charge is 0.495 e. The molecule has 0 aliphatic rings. The lowest BCUT2D eigenvalue weighted by atomic mass is 10.1. The minimum Gasteiger partial charge on any atom is -0.495 e. The average Bonchev–Trinajstić information content (AvgIpc) is 2.25. The van der Waals surface area contributed by atoms with E-state index in [0.29, 0.717) is 22.1 Å². The molecule has 1 rings (SSSR count). The van der Waals surface area contributed by atoms with Crippen LogP contribution in [0.25, 0.3) is 6.08 Å². The van der Waals surface area contributed by atoms with Gasteiger partial charge in [0.2, 0.25) is 0 Å². The Labute approximate surface area is 100.0 Å². The van der Waals surface area contributed by atoms with E-state index in [0.717, 1.165) is 0 Å². The number of methoxy groups -OCH3 is 1. The highest BCUT2D eigenvalue weighted by molar-refractivity contribution is 9.10. The molecule has 0 saturated heterocycles. The Hall–Kier alpha value is -1.69. The van der Waals surface area contributed by atoms with Crippen LogP contribution >= 0.6 is 15.9 Å². The van der Waals surface area contributed by atoms with Crippen LogP contribution in [0.5, 0.6) is 5.75 Å². The van der Waals surface area contributed by atoms with E-state index in [1.807, 2.05) is 0 Å². The zero-order valence-electron chi connectivity index (χ0n) is 8.34. The number of carbonyl (C=O) groups is 1. The molecule has 6 heteroatoms. The summed E-state index contributed by atoms with van der Waals surface area (Å²) in [6.07, 6.45) is 3.28. The van der Waals surface area contributed by atoms with Crippen LogP contribution in [0.3, 0.4) is 0 Å². The maximum atomic E-state index is 10.6. The maximum absolute atomic E-state index is 10.6. The molecule has 0 aromatic heterocycles. The van der Waals surface area contributed by atoms with Crippen LogP contribution in [-0.2, 0) is 4.79 Å². The summed E-state index contributed by atoms with van der Waals surface area (Å²) < 4.78 is 5.54. The van der Waals surface area contributed by atoms with Gasteiger partial charge in [-0.2, -0.15) is 0 Å². The second-order valence-corrected chi connectivity index (χ2v) is 3.66. The number of hydrogen-bond donors (Lipinski definition) is 0. The van der Waals surface area contributed by atoms with Crippen LogP contribution in [0.1, 0.15) is 5.56 Å². The number of allylic oxidation sites excluding steroid dienone is 1. The van der Waals surface area contributed by atoms with Crippen LogP contribution in [-0.4, -0.2) is 18.3 Å². The number of nitrogens with zero attached hydrogens (tertiary/aromatic N) is 1. The Bertz CT molecular complexity index is 456. The molecule has 1 aromatic carbocycles. The van der Waals surface area contributed by atoms with Crippen molar-refractivity contribution in [2.24, 2.45) is 0 Å². The lowest BCUT2D eigenvalue weighted by molar-refractivity contribution is -0.385. The molecular weight excluding hydrogens is 278 g/mol. The van der Waals surface area contributed by atoms with Crippen molar-refractivity contribution in [1.29, 1.82) is 0 Å². The first-order chi connectivity index (χ1) is 7.60. The van der Waals surface area contributed by atoms with E-state index in [-0.39, 0.29) is 5.69 Å². The second kappa shape index (κ2) is 5.41. The van der Waals surface area contributed by atoms with Crippen LogP contribution < -0.4 is 4.74 Å². The smallest absolute Gasteiger partial charge is 0.271 e. The van der Waals surface area contributed by atoms with Gasteiger partial charge < -0.3 is 4.74 Å². The fourth-order valence-electron chi connectivity index (χ4n) is 1.19. The number of nitro benzene ring substituents is 1. The summed E-state index contributed by atoms with van der Waals surface area (Å²) in [6.45, 7) is 0. The van der Waals surface area contributed by atoms with E-state index in [1.165, 1.54) is 31.4 Å². The van der Waals surface area contributed by atoms with Crippen LogP contribution in [0, 0.1) is 10.1 Å². The van der Waals surface area contributed by atoms with Crippen molar-refractivity contribution >= 4 is 34.0 Å². The fourth-order valence-corrected chi connectivity index (χ4v) is 1.81. The number of ether oxygens (including phenoxy) is 1. The van der Waals surface area contributed by atoms with Gasteiger partial charge >= 0.3 is 0 Å². The highest BCUT2D eigenvalue weighted by atomic mass is 79.9. The Morgan fingerprint density at radius 1 is 1.50 bits per heavy atom. The summed E-state index contributed by atoms with van der Waals surface area (Å²) in [7, 11) is 1.45. The fraction of sp³-hybridized carbons (Fsp3) is 0.100. The van der Waals surface area contributed by atoms with Crippen molar-refractivity contribution in [3.63, 3.8) is 0 Å². The highest BCUT2D eigenvalue weighted by Crippen LogP contribution is 2.34. The molecule has 5 nitrogen and oxygen atoms in total. The Morgan fingerprint density at radius 3 is 2.69 bits per heavy atom. The van der Waals surface area contributed by atoms with Crippen LogP contribution in [0.2, 0.25) is 0 Å². The summed E-state index contributed by atoms with van der Waals surface area (Å²) in [5.41, 5.74) is 0.397. The summed E-state index contributed by atoms with van der Waals surface area (Å²) >= 11 is 3.17. The van der Waals surface area contributed by atoms with Crippen LogP contribution in [0.4, 0.5) is 5.69 Å². The predicted octanol–water partition coefficient (Wildman–Crippen LogP) is 2.58. The molecule has 1 aromatic rings. The standard InChI is InChI=1S/C10H8BrNO4/c1-16-10-7(3-2-4-13)5-8(12(14)15)6-9(10)11/h2-6H,1H3. The van der Waals surface area contributed by atoms with E-state index < -0.39 is 4.92 Å². The number of non-ortho nitro benzene ring substituents is 1. The first-order valence-electron chi connectivity index (χ1n) is 4.24. The summed E-state index contributed by atoms with van der Waals surface area (Å²) in [4.78, 5) is 20.3. The van der Waals surface area contributed by atoms with Gasteiger partial charge in [-0.3, -0.25) is 14.9 Å². The molecule has 0 heterocycles. The van der Waals surface area contributed by atoms with Crippen molar-refractivity contribution < 1.29 is 14.5 Å². The molecule has 0 N–H and O–H groups in total. The molecule has 0 radical (unpaired) electrons. The average molecular weight is 286 g/mol. The molecule has 0 spiro atoms. The number of nitro groups is 1. The summed E-state index contributed by atoms with van der Waals surface area (Å²) in [5, 5.41) is 10.6. The van der Waals surface area contributed by atoms with Gasteiger partial charge in [-0.05, 0) is 28.1 Å². The first kappa shape index (κ1) is 12.4. The van der Waals surface area contributed by atoms with Gasteiger partial charge in [-0.25, -0.2) is 0 Å². The molecule has 0 aliphatic heterocycles. The topological polar surface area (TPSA) is 69.4 Å². The third kappa shape index (κ3) is 2.66. The Kier molecular flexibility index (Phi) is 4.19. The van der Waals surface area contributed by atoms with Crippen molar-refractivity contribution in [2.75, 3.05) is 7.11 Å². The zero-order chi connectivity index (χ0) is 12.1. The molecule has 0 unspecified atom stereocenters. The van der Waals surface area contributed by atoms with E-state index >= 15 is 0 Å². The van der Waals surface area contributed by atoms with Crippen molar-refractivity contribution in [1.82, 2.24) is 0 Å². The van der Waals surface area contributed by atoms with Crippen molar-refractivity contribution in [3.05, 3.63) is 38.4 Å². The number of carbonyl (C=O) groups excluding carboxylic acids is 1. The Balaban J connectivity index is 3.35. The number of benzene rings is 1. The molecule has 0 amide bonds. The number of halogens is 1. The first-order valence-corrected chi connectivity index (χ1v) is 5.03. The SMILES string of the molecule is COc1c(Br)cc([N+](=O)[O-])cc1C=CC=O. The molecule has 0 atom stereocenters. The van der Waals surface area contributed by atoms with E-state index in [4.69, 9.17) is 4.74 Å². The molecule has 0 bridgehead atoms. The van der Waals surface area contributed by atoms with E-state index in [1.54, 1.807) is 0 Å². The Morgan fingerprint density at radius 2 is 2.19 bits per heavy atom. The van der Waals surface area contributed by atoms with Gasteiger partial charge in [0.15, 0.2) is 0 Å². The summed E-state index contributed by atoms with van der Waals surface area (Å²) in [5.74, 6) is 0.448. The van der Waals surface area contributed by atoms with Gasteiger partial charge in [-0.15, -0.1) is 0 Å². The summed E-state index contributed by atoms with van der Waals surface area (Å²) in [6, 6.07) is 2.68. The quantitative estimate of drug-likeness (QED) is 0.369. The molecule has 84 valence electrons. The van der Waals surface area contributed by atoms with Gasteiger partial charge in [0.25, 0.3) is 5.69 Å². The third-order valence-electron chi connectivity index (χ3n) is 1.83. The monoisotopic (exact) mass is 285 g/mol. The molecule has 16 heavy (non-hydrogen) atoms. The van der Waals surface area contributed by atoms with Crippen molar-refractivity contribution in [2.45, 2.75) is 0 Å². The minimum atomic E-state index is -0.511.